The van der Waals surface area contributed by atoms with Gasteiger partial charge in [0.2, 0.25) is 5.91 Å². The predicted octanol–water partition coefficient (Wildman–Crippen LogP) is 0.619. The number of fused-ring (bicyclic) bond motifs is 1. The third kappa shape index (κ3) is 4.44. The number of aromatic nitrogens is 6. The summed E-state index contributed by atoms with van der Waals surface area (Å²) >= 11 is 0. The van der Waals surface area contributed by atoms with Gasteiger partial charge in [0.25, 0.3) is 5.78 Å². The van der Waals surface area contributed by atoms with E-state index in [1.165, 1.54) is 6.33 Å². The molecular formula is C17H25Cl2N9O. The van der Waals surface area contributed by atoms with Crippen molar-refractivity contribution in [3.05, 3.63) is 36.0 Å². The number of nitrogens with zero attached hydrogens (tertiary/aromatic N) is 8. The molecule has 1 atom stereocenters. The second kappa shape index (κ2) is 9.38. The zero-order valence-corrected chi connectivity index (χ0v) is 18.2. The predicted molar refractivity (Wildman–Crippen MR) is 114 cm³/mol. The van der Waals surface area contributed by atoms with Crippen LogP contribution in [-0.4, -0.2) is 73.4 Å². The molecule has 10 nitrogen and oxygen atoms in total. The van der Waals surface area contributed by atoms with Gasteiger partial charge in [-0.1, -0.05) is 0 Å². The van der Waals surface area contributed by atoms with Crippen molar-refractivity contribution in [3.63, 3.8) is 0 Å². The van der Waals surface area contributed by atoms with Crippen LogP contribution in [0.15, 0.2) is 24.8 Å². The third-order valence-corrected chi connectivity index (χ3v) is 4.87. The van der Waals surface area contributed by atoms with Gasteiger partial charge < -0.3 is 15.1 Å². The molecule has 1 aliphatic rings. The van der Waals surface area contributed by atoms with Gasteiger partial charge in [0.05, 0.1) is 6.20 Å². The molecular weight excluding hydrogens is 417 g/mol. The molecule has 1 aliphatic heterocycles. The van der Waals surface area contributed by atoms with Crippen molar-refractivity contribution in [2.75, 3.05) is 38.1 Å². The molecule has 4 heterocycles. The van der Waals surface area contributed by atoms with E-state index in [1.54, 1.807) is 22.4 Å². The lowest BCUT2D eigenvalue weighted by molar-refractivity contribution is -0.133. The highest BCUT2D eigenvalue weighted by Gasteiger charge is 2.29. The van der Waals surface area contributed by atoms with Crippen LogP contribution < -0.4 is 10.2 Å². The number of carbonyl (C=O) groups excluding carboxylic acids is 1. The van der Waals surface area contributed by atoms with Crippen LogP contribution in [0.1, 0.15) is 17.3 Å². The lowest BCUT2D eigenvalue weighted by Gasteiger charge is -2.37. The average molecular weight is 442 g/mol. The zero-order chi connectivity index (χ0) is 19.0. The standard InChI is InChI=1S/C17H23N9O.2ClH/c1-12-8-14(26-17(22-12)19-11-21-26)24-4-6-25(7-5-24)16(27)15(18-2)13-9-20-23(3)10-13;;/h8-11,15,18H,4-7H2,1-3H3;2*1H. The number of hydrogen-bond donors (Lipinski definition) is 1. The molecule has 4 rings (SSSR count). The summed E-state index contributed by atoms with van der Waals surface area (Å²) in [5.74, 6) is 1.62. The van der Waals surface area contributed by atoms with Crippen molar-refractivity contribution >= 4 is 42.3 Å². The Kier molecular flexibility index (Phi) is 7.39. The van der Waals surface area contributed by atoms with Crippen molar-refractivity contribution in [3.8, 4) is 0 Å². The van der Waals surface area contributed by atoms with Gasteiger partial charge in [-0.3, -0.25) is 9.48 Å². The first-order chi connectivity index (χ1) is 13.1. The lowest BCUT2D eigenvalue weighted by Crippen LogP contribution is -2.51. The molecule has 0 bridgehead atoms. The molecule has 1 fully saturated rings. The molecule has 3 aromatic heterocycles. The molecule has 29 heavy (non-hydrogen) atoms. The van der Waals surface area contributed by atoms with E-state index in [9.17, 15) is 4.79 Å². The Balaban J connectivity index is 0.00000150. The van der Waals surface area contributed by atoms with Crippen molar-refractivity contribution in [2.24, 2.45) is 7.05 Å². The van der Waals surface area contributed by atoms with Gasteiger partial charge in [0.1, 0.15) is 18.2 Å². The molecule has 1 amide bonds. The molecule has 1 N–H and O–H groups in total. The van der Waals surface area contributed by atoms with E-state index in [1.807, 2.05) is 31.1 Å². The lowest BCUT2D eigenvalue weighted by atomic mass is 10.1. The van der Waals surface area contributed by atoms with E-state index in [2.05, 4.69) is 30.4 Å². The van der Waals surface area contributed by atoms with Crippen molar-refractivity contribution in [1.82, 2.24) is 39.6 Å². The summed E-state index contributed by atoms with van der Waals surface area (Å²) in [7, 11) is 3.65. The Labute approximate surface area is 181 Å². The van der Waals surface area contributed by atoms with Gasteiger partial charge >= 0.3 is 0 Å². The molecule has 0 spiro atoms. The van der Waals surface area contributed by atoms with Gasteiger partial charge in [0.15, 0.2) is 0 Å². The van der Waals surface area contributed by atoms with Gasteiger partial charge in [-0.2, -0.15) is 19.7 Å². The van der Waals surface area contributed by atoms with Crippen LogP contribution in [0.5, 0.6) is 0 Å². The number of nitrogens with one attached hydrogen (secondary N) is 1. The molecule has 3 aromatic rings. The minimum atomic E-state index is -0.379. The SMILES string of the molecule is CNC(C(=O)N1CCN(c2cc(C)nc3ncnn23)CC1)c1cnn(C)c1.Cl.Cl. The summed E-state index contributed by atoms with van der Waals surface area (Å²) in [5, 5.41) is 11.6. The fourth-order valence-corrected chi connectivity index (χ4v) is 3.50. The maximum absolute atomic E-state index is 13.0. The van der Waals surface area contributed by atoms with Gasteiger partial charge in [-0.25, -0.2) is 4.98 Å². The Morgan fingerprint density at radius 2 is 1.90 bits per heavy atom. The second-order valence-electron chi connectivity index (χ2n) is 6.71. The van der Waals surface area contributed by atoms with Crippen LogP contribution in [-0.2, 0) is 11.8 Å². The number of piperazine rings is 1. The number of halogens is 2. The molecule has 0 aliphatic carbocycles. The second-order valence-corrected chi connectivity index (χ2v) is 6.71. The maximum atomic E-state index is 13.0. The van der Waals surface area contributed by atoms with Crippen LogP contribution >= 0.6 is 24.8 Å². The number of likely N-dealkylation sites (N-methyl/N-ethyl adjacent to an activating group) is 1. The average Bonchev–Trinajstić information content (AvgIpc) is 3.30. The highest BCUT2D eigenvalue weighted by Crippen LogP contribution is 2.20. The molecule has 1 unspecified atom stereocenters. The van der Waals surface area contributed by atoms with Crippen molar-refractivity contribution in [2.45, 2.75) is 13.0 Å². The van der Waals surface area contributed by atoms with Crippen molar-refractivity contribution < 1.29 is 4.79 Å². The molecule has 158 valence electrons. The quantitative estimate of drug-likeness (QED) is 0.633. The summed E-state index contributed by atoms with van der Waals surface area (Å²) in [4.78, 5) is 25.7. The van der Waals surface area contributed by atoms with E-state index in [-0.39, 0.29) is 36.8 Å². The summed E-state index contributed by atoms with van der Waals surface area (Å²) < 4.78 is 3.45. The molecule has 0 aromatic carbocycles. The molecule has 12 heteroatoms. The summed E-state index contributed by atoms with van der Waals surface area (Å²) in [5.41, 5.74) is 1.78. The first kappa shape index (κ1) is 22.9. The van der Waals surface area contributed by atoms with E-state index in [0.29, 0.717) is 18.9 Å². The van der Waals surface area contributed by atoms with E-state index in [4.69, 9.17) is 0 Å². The first-order valence-electron chi connectivity index (χ1n) is 8.94. The number of rotatable bonds is 4. The van der Waals surface area contributed by atoms with Crippen LogP contribution in [0.2, 0.25) is 0 Å². The van der Waals surface area contributed by atoms with Crippen LogP contribution in [0.4, 0.5) is 5.82 Å². The van der Waals surface area contributed by atoms with E-state index < -0.39 is 0 Å². The Morgan fingerprint density at radius 1 is 1.17 bits per heavy atom. The number of aryl methyl sites for hydroxylation is 2. The third-order valence-electron chi connectivity index (χ3n) is 4.87. The highest BCUT2D eigenvalue weighted by atomic mass is 35.5. The topological polar surface area (TPSA) is 96.5 Å². The van der Waals surface area contributed by atoms with Gasteiger partial charge in [-0.05, 0) is 14.0 Å². The van der Waals surface area contributed by atoms with Crippen LogP contribution in [0, 0.1) is 6.92 Å². The summed E-state index contributed by atoms with van der Waals surface area (Å²) in [6.07, 6.45) is 5.11. The molecule has 1 saturated heterocycles. The molecule has 0 saturated carbocycles. The maximum Gasteiger partial charge on any atom is 0.254 e. The van der Waals surface area contributed by atoms with Crippen LogP contribution in [0.25, 0.3) is 5.78 Å². The highest BCUT2D eigenvalue weighted by molar-refractivity contribution is 5.85. The number of hydrogen-bond acceptors (Lipinski definition) is 7. The summed E-state index contributed by atoms with van der Waals surface area (Å²) in [6, 6.07) is 1.63. The Morgan fingerprint density at radius 3 is 2.52 bits per heavy atom. The smallest absolute Gasteiger partial charge is 0.254 e. The number of anilines is 1. The fourth-order valence-electron chi connectivity index (χ4n) is 3.50. The number of carbonyl (C=O) groups is 1. The summed E-state index contributed by atoms with van der Waals surface area (Å²) in [6.45, 7) is 4.70. The Bertz CT molecular complexity index is 965. The van der Waals surface area contributed by atoms with Crippen LogP contribution in [0.3, 0.4) is 0 Å². The Hall–Kier alpha value is -2.43. The van der Waals surface area contributed by atoms with Gasteiger partial charge in [-0.15, -0.1) is 24.8 Å². The number of amides is 1. The normalized spacial score (nSPS) is 15.0. The van der Waals surface area contributed by atoms with E-state index in [0.717, 1.165) is 30.2 Å². The zero-order valence-electron chi connectivity index (χ0n) is 16.5. The largest absolute Gasteiger partial charge is 0.353 e. The molecule has 0 radical (unpaired) electrons. The van der Waals surface area contributed by atoms with Crippen molar-refractivity contribution in [1.29, 1.82) is 0 Å². The van der Waals surface area contributed by atoms with Gasteiger partial charge in [0, 0.05) is 56.7 Å². The monoisotopic (exact) mass is 441 g/mol. The minimum absolute atomic E-state index is 0. The minimum Gasteiger partial charge on any atom is -0.353 e. The first-order valence-corrected chi connectivity index (χ1v) is 8.94. The fraction of sp³-hybridized carbons (Fsp3) is 0.471. The van der Waals surface area contributed by atoms with E-state index >= 15 is 0 Å².